The summed E-state index contributed by atoms with van der Waals surface area (Å²) in [6, 6.07) is 13.0. The monoisotopic (exact) mass is 335 g/mol. The minimum Gasteiger partial charge on any atom is -0.340 e. The quantitative estimate of drug-likeness (QED) is 0.783. The number of carbonyl (C=O) groups excluding carboxylic acids is 1. The van der Waals surface area contributed by atoms with E-state index >= 15 is 0 Å². The fourth-order valence-electron chi connectivity index (χ4n) is 2.96. The third kappa shape index (κ3) is 4.95. The second-order valence-corrected chi connectivity index (χ2v) is 6.18. The van der Waals surface area contributed by atoms with E-state index in [0.29, 0.717) is 17.1 Å². The minimum absolute atomic E-state index is 0.184. The molecule has 2 aromatic rings. The molecule has 0 spiro atoms. The average Bonchev–Trinajstić information content (AvgIpc) is 2.64. The molecule has 2 amide bonds. The van der Waals surface area contributed by atoms with Gasteiger partial charge in [0.15, 0.2) is 0 Å². The highest BCUT2D eigenvalue weighted by atomic mass is 16.2. The Hall–Kier alpha value is -3.07. The number of nitrogens with zero attached hydrogens (tertiary/aromatic N) is 2. The van der Waals surface area contributed by atoms with Crippen LogP contribution in [0.25, 0.3) is 0 Å². The van der Waals surface area contributed by atoms with Crippen LogP contribution < -0.4 is 16.0 Å². The number of benzene rings is 1. The van der Waals surface area contributed by atoms with Gasteiger partial charge in [-0.05, 0) is 43.2 Å². The summed E-state index contributed by atoms with van der Waals surface area (Å²) >= 11 is 0. The van der Waals surface area contributed by atoms with E-state index in [9.17, 15) is 4.79 Å². The summed E-state index contributed by atoms with van der Waals surface area (Å²) in [4.78, 5) is 16.3. The van der Waals surface area contributed by atoms with Crippen LogP contribution in [0, 0.1) is 11.3 Å². The fourth-order valence-corrected chi connectivity index (χ4v) is 2.96. The third-order valence-electron chi connectivity index (χ3n) is 4.23. The van der Waals surface area contributed by atoms with E-state index in [1.807, 2.05) is 12.1 Å². The van der Waals surface area contributed by atoms with Crippen LogP contribution in [-0.4, -0.2) is 17.1 Å². The zero-order valence-corrected chi connectivity index (χ0v) is 14.0. The van der Waals surface area contributed by atoms with E-state index in [1.54, 1.807) is 30.5 Å². The van der Waals surface area contributed by atoms with Gasteiger partial charge in [-0.1, -0.05) is 25.3 Å². The Kier molecular flexibility index (Phi) is 5.47. The molecule has 128 valence electrons. The molecule has 0 unspecified atom stereocenters. The normalized spacial score (nSPS) is 14.4. The van der Waals surface area contributed by atoms with E-state index in [2.05, 4.69) is 27.0 Å². The predicted molar refractivity (Wildman–Crippen MR) is 97.7 cm³/mol. The van der Waals surface area contributed by atoms with Crippen molar-refractivity contribution < 1.29 is 4.79 Å². The lowest BCUT2D eigenvalue weighted by molar-refractivity contribution is 0.244. The largest absolute Gasteiger partial charge is 0.340 e. The number of nitriles is 1. The molecule has 1 aliphatic rings. The Balaban J connectivity index is 1.54. The zero-order chi connectivity index (χ0) is 17.5. The molecule has 0 bridgehead atoms. The molecule has 6 nitrogen and oxygen atoms in total. The topological polar surface area (TPSA) is 89.8 Å². The SMILES string of the molecule is N#Cc1cccc(Nc2ccc(NC(=O)NC3CCCCC3)cn2)c1. The lowest BCUT2D eigenvalue weighted by atomic mass is 9.96. The molecule has 1 aromatic heterocycles. The van der Waals surface area contributed by atoms with Crippen LogP contribution in [0.3, 0.4) is 0 Å². The molecule has 3 N–H and O–H groups in total. The van der Waals surface area contributed by atoms with Gasteiger partial charge in [-0.25, -0.2) is 9.78 Å². The summed E-state index contributed by atoms with van der Waals surface area (Å²) in [6.07, 6.45) is 7.33. The number of aromatic nitrogens is 1. The first kappa shape index (κ1) is 16.8. The van der Waals surface area contributed by atoms with Gasteiger partial charge >= 0.3 is 6.03 Å². The van der Waals surface area contributed by atoms with Crippen molar-refractivity contribution in [2.24, 2.45) is 0 Å². The Morgan fingerprint density at radius 1 is 1.12 bits per heavy atom. The molecule has 0 radical (unpaired) electrons. The third-order valence-corrected chi connectivity index (χ3v) is 4.23. The van der Waals surface area contributed by atoms with Crippen molar-refractivity contribution >= 4 is 23.2 Å². The molecule has 25 heavy (non-hydrogen) atoms. The van der Waals surface area contributed by atoms with Gasteiger partial charge in [0, 0.05) is 11.7 Å². The Bertz CT molecular complexity index is 760. The first-order chi connectivity index (χ1) is 12.2. The molecule has 1 saturated carbocycles. The van der Waals surface area contributed by atoms with Crippen LogP contribution in [0.15, 0.2) is 42.6 Å². The van der Waals surface area contributed by atoms with Crippen LogP contribution in [0.4, 0.5) is 22.0 Å². The number of carbonyl (C=O) groups is 1. The maximum absolute atomic E-state index is 12.0. The van der Waals surface area contributed by atoms with Gasteiger partial charge in [-0.15, -0.1) is 0 Å². The van der Waals surface area contributed by atoms with Crippen LogP contribution in [0.5, 0.6) is 0 Å². The maximum Gasteiger partial charge on any atom is 0.319 e. The zero-order valence-electron chi connectivity index (χ0n) is 14.0. The molecule has 1 heterocycles. The van der Waals surface area contributed by atoms with Crippen molar-refractivity contribution in [3.8, 4) is 6.07 Å². The van der Waals surface area contributed by atoms with E-state index < -0.39 is 0 Å². The predicted octanol–water partition coefficient (Wildman–Crippen LogP) is 4.15. The maximum atomic E-state index is 12.0. The number of nitrogens with one attached hydrogen (secondary N) is 3. The van der Waals surface area contributed by atoms with Gasteiger partial charge in [-0.3, -0.25) is 0 Å². The lowest BCUT2D eigenvalue weighted by Crippen LogP contribution is -2.39. The van der Waals surface area contributed by atoms with Gasteiger partial charge in [0.25, 0.3) is 0 Å². The number of rotatable bonds is 4. The van der Waals surface area contributed by atoms with E-state index in [-0.39, 0.29) is 12.1 Å². The second-order valence-electron chi connectivity index (χ2n) is 6.18. The fraction of sp³-hybridized carbons (Fsp3) is 0.316. The summed E-state index contributed by atoms with van der Waals surface area (Å²) < 4.78 is 0. The van der Waals surface area contributed by atoms with E-state index in [4.69, 9.17) is 5.26 Å². The highest BCUT2D eigenvalue weighted by Gasteiger charge is 2.15. The van der Waals surface area contributed by atoms with Crippen molar-refractivity contribution in [1.29, 1.82) is 5.26 Å². The standard InChI is InChI=1S/C19H21N5O/c20-12-14-5-4-8-16(11-14)22-18-10-9-17(13-21-18)24-19(25)23-15-6-2-1-3-7-15/h4-5,8-11,13,15H,1-3,6-7H2,(H,21,22)(H2,23,24,25). The highest BCUT2D eigenvalue weighted by Crippen LogP contribution is 2.19. The van der Waals surface area contributed by atoms with Crippen molar-refractivity contribution in [3.63, 3.8) is 0 Å². The average molecular weight is 335 g/mol. The van der Waals surface area contributed by atoms with Crippen LogP contribution in [0.1, 0.15) is 37.7 Å². The molecule has 0 atom stereocenters. The van der Waals surface area contributed by atoms with Gasteiger partial charge in [0.1, 0.15) is 5.82 Å². The van der Waals surface area contributed by atoms with E-state index in [1.165, 1.54) is 19.3 Å². The first-order valence-corrected chi connectivity index (χ1v) is 8.54. The summed E-state index contributed by atoms with van der Waals surface area (Å²) in [5.74, 6) is 0.647. The second kappa shape index (κ2) is 8.15. The van der Waals surface area contributed by atoms with Crippen LogP contribution >= 0.6 is 0 Å². The number of urea groups is 1. The van der Waals surface area contributed by atoms with Crippen molar-refractivity contribution in [2.75, 3.05) is 10.6 Å². The van der Waals surface area contributed by atoms with Crippen molar-refractivity contribution in [1.82, 2.24) is 10.3 Å². The molecule has 1 aliphatic carbocycles. The van der Waals surface area contributed by atoms with Crippen molar-refractivity contribution in [2.45, 2.75) is 38.1 Å². The highest BCUT2D eigenvalue weighted by molar-refractivity contribution is 5.89. The Morgan fingerprint density at radius 2 is 1.96 bits per heavy atom. The summed E-state index contributed by atoms with van der Waals surface area (Å²) in [7, 11) is 0. The number of pyridine rings is 1. The number of amides is 2. The van der Waals surface area contributed by atoms with Crippen molar-refractivity contribution in [3.05, 3.63) is 48.2 Å². The summed E-state index contributed by atoms with van der Waals surface area (Å²) in [6.45, 7) is 0. The van der Waals surface area contributed by atoms with Gasteiger partial charge in [0.05, 0.1) is 23.5 Å². The molecule has 0 saturated heterocycles. The van der Waals surface area contributed by atoms with Gasteiger partial charge in [-0.2, -0.15) is 5.26 Å². The lowest BCUT2D eigenvalue weighted by Gasteiger charge is -2.22. The smallest absolute Gasteiger partial charge is 0.319 e. The molecule has 3 rings (SSSR count). The Labute approximate surface area is 147 Å². The molecular weight excluding hydrogens is 314 g/mol. The first-order valence-electron chi connectivity index (χ1n) is 8.54. The van der Waals surface area contributed by atoms with Gasteiger partial charge < -0.3 is 16.0 Å². The number of hydrogen-bond donors (Lipinski definition) is 3. The van der Waals surface area contributed by atoms with E-state index in [0.717, 1.165) is 18.5 Å². The summed E-state index contributed by atoms with van der Waals surface area (Å²) in [5, 5.41) is 17.9. The number of anilines is 3. The summed E-state index contributed by atoms with van der Waals surface area (Å²) in [5.41, 5.74) is 2.02. The molecular formula is C19H21N5O. The minimum atomic E-state index is -0.184. The number of hydrogen-bond acceptors (Lipinski definition) is 4. The molecule has 0 aliphatic heterocycles. The molecule has 6 heteroatoms. The Morgan fingerprint density at radius 3 is 2.68 bits per heavy atom. The molecule has 1 fully saturated rings. The van der Waals surface area contributed by atoms with Gasteiger partial charge in [0.2, 0.25) is 0 Å². The van der Waals surface area contributed by atoms with Crippen LogP contribution in [0.2, 0.25) is 0 Å². The molecule has 1 aromatic carbocycles. The van der Waals surface area contributed by atoms with Crippen LogP contribution in [-0.2, 0) is 0 Å².